The lowest BCUT2D eigenvalue weighted by molar-refractivity contribution is 0.664. The summed E-state index contributed by atoms with van der Waals surface area (Å²) in [6, 6.07) is 52.3. The average Bonchev–Trinajstić information content (AvgIpc) is 3.68. The molecule has 2 nitrogen and oxygen atoms in total. The standard InChI is InChI=1S/C44H24O2/c1-2-10-28-25(8-1)9-7-13-29(28)30-20-16-26-19-23-33-31(21-17-27-18-22-32(30)40(26)41(27)33)36-24-39-42(34-11-3-5-14-37(34)45-39)43-35-12-4-6-15-38(35)46-44(36)43/h1-24H. The molecule has 0 saturated carbocycles. The fourth-order valence-electron chi connectivity index (χ4n) is 8.03. The van der Waals surface area contributed by atoms with Gasteiger partial charge in [-0.1, -0.05) is 127 Å². The van der Waals surface area contributed by atoms with Gasteiger partial charge in [-0.2, -0.15) is 0 Å². The number of rotatable bonds is 2. The minimum atomic E-state index is 0.874. The highest BCUT2D eigenvalue weighted by molar-refractivity contribution is 6.32. The van der Waals surface area contributed by atoms with Crippen molar-refractivity contribution in [1.82, 2.24) is 0 Å². The lowest BCUT2D eigenvalue weighted by Gasteiger charge is -2.17. The molecule has 0 N–H and O–H groups in total. The minimum absolute atomic E-state index is 0.874. The SMILES string of the molecule is c1ccc2c(-c3ccc4ccc5c(-c6cc7oc8ccccc8c7c7c6oc6ccccc67)ccc6ccc3c4c65)cccc2c1. The van der Waals surface area contributed by atoms with Crippen LogP contribution in [0.1, 0.15) is 0 Å². The van der Waals surface area contributed by atoms with Gasteiger partial charge in [0.2, 0.25) is 0 Å². The number of hydrogen-bond donors (Lipinski definition) is 0. The molecular weight excluding hydrogens is 560 g/mol. The Morgan fingerprint density at radius 2 is 0.826 bits per heavy atom. The molecule has 0 fully saturated rings. The second kappa shape index (κ2) is 8.74. The lowest BCUT2D eigenvalue weighted by Crippen LogP contribution is -1.90. The van der Waals surface area contributed by atoms with Crippen LogP contribution in [0.3, 0.4) is 0 Å². The second-order valence-corrected chi connectivity index (χ2v) is 12.4. The fourth-order valence-corrected chi connectivity index (χ4v) is 8.03. The van der Waals surface area contributed by atoms with Crippen molar-refractivity contribution in [3.63, 3.8) is 0 Å². The minimum Gasteiger partial charge on any atom is -0.456 e. The molecule has 0 bridgehead atoms. The van der Waals surface area contributed by atoms with Crippen LogP contribution in [0, 0.1) is 0 Å². The van der Waals surface area contributed by atoms with E-state index in [2.05, 4.69) is 127 Å². The Morgan fingerprint density at radius 3 is 1.57 bits per heavy atom. The van der Waals surface area contributed by atoms with Crippen molar-refractivity contribution in [2.75, 3.05) is 0 Å². The summed E-state index contributed by atoms with van der Waals surface area (Å²) >= 11 is 0. The van der Waals surface area contributed by atoms with Gasteiger partial charge in [0.25, 0.3) is 0 Å². The van der Waals surface area contributed by atoms with Gasteiger partial charge in [0.05, 0.1) is 0 Å². The maximum atomic E-state index is 6.73. The molecule has 11 rings (SSSR count). The van der Waals surface area contributed by atoms with E-state index in [0.717, 1.165) is 55.0 Å². The first kappa shape index (κ1) is 24.2. The Balaban J connectivity index is 1.27. The monoisotopic (exact) mass is 584 g/mol. The molecule has 0 spiro atoms. The van der Waals surface area contributed by atoms with E-state index in [0.29, 0.717) is 0 Å². The molecule has 0 aliphatic carbocycles. The van der Waals surface area contributed by atoms with E-state index < -0.39 is 0 Å². The molecule has 0 saturated heterocycles. The molecule has 0 radical (unpaired) electrons. The van der Waals surface area contributed by atoms with Crippen LogP contribution in [0.2, 0.25) is 0 Å². The molecule has 46 heavy (non-hydrogen) atoms. The third-order valence-electron chi connectivity index (χ3n) is 10.0. The largest absolute Gasteiger partial charge is 0.456 e. The van der Waals surface area contributed by atoms with Crippen LogP contribution < -0.4 is 0 Å². The van der Waals surface area contributed by atoms with Crippen LogP contribution in [0.15, 0.2) is 154 Å². The predicted octanol–water partition coefficient (Wildman–Crippen LogP) is 12.9. The Labute approximate surface area is 263 Å². The fraction of sp³-hybridized carbons (Fsp3) is 0. The quantitative estimate of drug-likeness (QED) is 0.189. The smallest absolute Gasteiger partial charge is 0.144 e. The van der Waals surface area contributed by atoms with Gasteiger partial charge in [-0.25, -0.2) is 0 Å². The summed E-state index contributed by atoms with van der Waals surface area (Å²) in [4.78, 5) is 0. The molecule has 0 aliphatic rings. The van der Waals surface area contributed by atoms with Gasteiger partial charge < -0.3 is 8.83 Å². The Hall–Kier alpha value is -6.12. The van der Waals surface area contributed by atoms with Crippen molar-refractivity contribution in [2.45, 2.75) is 0 Å². The Bertz CT molecular complexity index is 3020. The molecule has 0 aliphatic heterocycles. The number of para-hydroxylation sites is 2. The molecule has 0 amide bonds. The van der Waals surface area contributed by atoms with Gasteiger partial charge in [-0.3, -0.25) is 0 Å². The molecule has 0 atom stereocenters. The van der Waals surface area contributed by atoms with Crippen LogP contribution in [-0.4, -0.2) is 0 Å². The van der Waals surface area contributed by atoms with E-state index in [1.165, 1.54) is 54.2 Å². The summed E-state index contributed by atoms with van der Waals surface area (Å²) in [5.74, 6) is 0. The van der Waals surface area contributed by atoms with Crippen molar-refractivity contribution in [2.24, 2.45) is 0 Å². The summed E-state index contributed by atoms with van der Waals surface area (Å²) in [6.07, 6.45) is 0. The summed E-state index contributed by atoms with van der Waals surface area (Å²) < 4.78 is 13.3. The zero-order valence-corrected chi connectivity index (χ0v) is 24.7. The van der Waals surface area contributed by atoms with Crippen molar-refractivity contribution in [1.29, 1.82) is 0 Å². The van der Waals surface area contributed by atoms with Crippen molar-refractivity contribution in [3.05, 3.63) is 146 Å². The third-order valence-corrected chi connectivity index (χ3v) is 10.0. The average molecular weight is 585 g/mol. The summed E-state index contributed by atoms with van der Waals surface area (Å²) in [5.41, 5.74) is 8.24. The molecule has 0 unspecified atom stereocenters. The molecule has 2 heterocycles. The van der Waals surface area contributed by atoms with Crippen LogP contribution in [0.25, 0.3) is 109 Å². The van der Waals surface area contributed by atoms with Crippen molar-refractivity contribution < 1.29 is 8.83 Å². The maximum absolute atomic E-state index is 6.73. The number of benzene rings is 9. The van der Waals surface area contributed by atoms with Crippen molar-refractivity contribution in [3.8, 4) is 22.3 Å². The van der Waals surface area contributed by atoms with Gasteiger partial charge in [-0.05, 0) is 78.0 Å². The van der Waals surface area contributed by atoms with E-state index >= 15 is 0 Å². The Kier molecular flexibility index (Phi) is 4.61. The molecule has 2 heteroatoms. The van der Waals surface area contributed by atoms with Crippen LogP contribution in [-0.2, 0) is 0 Å². The first-order chi connectivity index (χ1) is 22.8. The molecule has 11 aromatic rings. The number of hydrogen-bond acceptors (Lipinski definition) is 2. The van der Waals surface area contributed by atoms with Crippen LogP contribution in [0.4, 0.5) is 0 Å². The van der Waals surface area contributed by atoms with Gasteiger partial charge in [0.1, 0.15) is 22.3 Å². The van der Waals surface area contributed by atoms with E-state index in [-0.39, 0.29) is 0 Å². The molecule has 212 valence electrons. The predicted molar refractivity (Wildman–Crippen MR) is 193 cm³/mol. The van der Waals surface area contributed by atoms with E-state index in [1.807, 2.05) is 18.2 Å². The van der Waals surface area contributed by atoms with E-state index in [1.54, 1.807) is 0 Å². The van der Waals surface area contributed by atoms with Gasteiger partial charge in [-0.15, -0.1) is 0 Å². The highest BCUT2D eigenvalue weighted by Gasteiger charge is 2.22. The van der Waals surface area contributed by atoms with Crippen LogP contribution in [0.5, 0.6) is 0 Å². The molecular formula is C44H24O2. The van der Waals surface area contributed by atoms with E-state index in [4.69, 9.17) is 8.83 Å². The van der Waals surface area contributed by atoms with Crippen LogP contribution >= 0.6 is 0 Å². The second-order valence-electron chi connectivity index (χ2n) is 12.4. The zero-order chi connectivity index (χ0) is 29.9. The third kappa shape index (κ3) is 3.10. The zero-order valence-electron chi connectivity index (χ0n) is 24.7. The first-order valence-corrected chi connectivity index (χ1v) is 15.8. The van der Waals surface area contributed by atoms with Gasteiger partial charge in [0.15, 0.2) is 0 Å². The molecule has 9 aromatic carbocycles. The number of furan rings is 2. The van der Waals surface area contributed by atoms with Gasteiger partial charge in [0, 0.05) is 27.1 Å². The lowest BCUT2D eigenvalue weighted by atomic mass is 9.86. The van der Waals surface area contributed by atoms with E-state index in [9.17, 15) is 0 Å². The first-order valence-electron chi connectivity index (χ1n) is 15.8. The normalized spacial score (nSPS) is 12.3. The number of fused-ring (bicyclic) bond motifs is 8. The molecule has 2 aromatic heterocycles. The Morgan fingerprint density at radius 1 is 0.283 bits per heavy atom. The topological polar surface area (TPSA) is 26.3 Å². The highest BCUT2D eigenvalue weighted by atomic mass is 16.3. The maximum Gasteiger partial charge on any atom is 0.144 e. The highest BCUT2D eigenvalue weighted by Crippen LogP contribution is 2.48. The van der Waals surface area contributed by atoms with Gasteiger partial charge >= 0.3 is 0 Å². The summed E-state index contributed by atoms with van der Waals surface area (Å²) in [7, 11) is 0. The summed E-state index contributed by atoms with van der Waals surface area (Å²) in [6.45, 7) is 0. The summed E-state index contributed by atoms with van der Waals surface area (Å²) in [5, 5.41) is 14.5. The van der Waals surface area contributed by atoms with Crippen molar-refractivity contribution >= 4 is 87.0 Å².